The monoisotopic (exact) mass is 364 g/mol. The van der Waals surface area contributed by atoms with E-state index in [9.17, 15) is 4.79 Å². The molecule has 27 heavy (non-hydrogen) atoms. The van der Waals surface area contributed by atoms with Crippen molar-refractivity contribution in [2.24, 2.45) is 5.92 Å². The van der Waals surface area contributed by atoms with Gasteiger partial charge in [0.2, 0.25) is 0 Å². The molecule has 0 bridgehead atoms. The number of methoxy groups -OCH3 is 1. The first-order chi connectivity index (χ1) is 13.2. The Kier molecular flexibility index (Phi) is 5.16. The second kappa shape index (κ2) is 7.88. The van der Waals surface area contributed by atoms with Crippen LogP contribution in [0.4, 0.5) is 0 Å². The van der Waals surface area contributed by atoms with E-state index in [-0.39, 0.29) is 5.97 Å². The molecule has 0 amide bonds. The molecule has 0 N–H and O–H groups in total. The predicted molar refractivity (Wildman–Crippen MR) is 104 cm³/mol. The van der Waals surface area contributed by atoms with Crippen molar-refractivity contribution < 1.29 is 9.53 Å². The quantitative estimate of drug-likeness (QED) is 0.630. The number of carbonyl (C=O) groups excluding carboxylic acids is 1. The number of ether oxygens (including phenoxy) is 1. The zero-order valence-electron chi connectivity index (χ0n) is 15.5. The summed E-state index contributed by atoms with van der Waals surface area (Å²) in [7, 11) is 1.40. The summed E-state index contributed by atoms with van der Waals surface area (Å²) in [6.07, 6.45) is 7.47. The highest BCUT2D eigenvalue weighted by Crippen LogP contribution is 2.21. The van der Waals surface area contributed by atoms with Crippen LogP contribution < -0.4 is 0 Å². The van der Waals surface area contributed by atoms with Crippen molar-refractivity contribution in [3.05, 3.63) is 60.2 Å². The topological polar surface area (TPSA) is 60.2 Å². The van der Waals surface area contributed by atoms with Crippen LogP contribution in [0.1, 0.15) is 22.3 Å². The smallest absolute Gasteiger partial charge is 0.339 e. The van der Waals surface area contributed by atoms with Crippen molar-refractivity contribution in [1.82, 2.24) is 19.4 Å². The van der Waals surface area contributed by atoms with Gasteiger partial charge in [-0.25, -0.2) is 9.78 Å². The maximum Gasteiger partial charge on any atom is 0.339 e. The second-order valence-corrected chi connectivity index (χ2v) is 7.16. The molecule has 1 aliphatic rings. The number of likely N-dealkylation sites (tertiary alicyclic amines) is 1. The molecule has 3 heterocycles. The van der Waals surface area contributed by atoms with Gasteiger partial charge < -0.3 is 14.2 Å². The van der Waals surface area contributed by atoms with Crippen molar-refractivity contribution in [2.45, 2.75) is 19.4 Å². The molecular weight excluding hydrogens is 340 g/mol. The predicted octanol–water partition coefficient (Wildman–Crippen LogP) is 2.78. The lowest BCUT2D eigenvalue weighted by Crippen LogP contribution is -2.25. The number of para-hydroxylation sites is 2. The fourth-order valence-electron chi connectivity index (χ4n) is 3.88. The normalized spacial score (nSPS) is 17.4. The first-order valence-electron chi connectivity index (χ1n) is 9.37. The van der Waals surface area contributed by atoms with Crippen LogP contribution in [0, 0.1) is 5.92 Å². The van der Waals surface area contributed by atoms with E-state index >= 15 is 0 Å². The van der Waals surface area contributed by atoms with E-state index in [2.05, 4.69) is 31.6 Å². The number of aromatic nitrogens is 3. The summed E-state index contributed by atoms with van der Waals surface area (Å²) in [5, 5.41) is 0. The Bertz CT molecular complexity index is 937. The summed E-state index contributed by atoms with van der Waals surface area (Å²) in [6.45, 7) is 4.17. The van der Waals surface area contributed by atoms with Crippen molar-refractivity contribution in [3.63, 3.8) is 0 Å². The van der Waals surface area contributed by atoms with Crippen LogP contribution in [0.5, 0.6) is 0 Å². The molecule has 1 aromatic carbocycles. The molecule has 0 saturated carbocycles. The van der Waals surface area contributed by atoms with Gasteiger partial charge in [-0.15, -0.1) is 0 Å². The minimum Gasteiger partial charge on any atom is -0.465 e. The van der Waals surface area contributed by atoms with Gasteiger partial charge in [-0.05, 0) is 49.1 Å². The van der Waals surface area contributed by atoms with E-state index in [4.69, 9.17) is 4.74 Å². The number of benzene rings is 1. The molecule has 0 aliphatic carbocycles. The van der Waals surface area contributed by atoms with Crippen LogP contribution in [-0.4, -0.2) is 52.1 Å². The molecule has 1 saturated heterocycles. The van der Waals surface area contributed by atoms with Gasteiger partial charge in [0.15, 0.2) is 0 Å². The number of hydrogen-bond acceptors (Lipinski definition) is 5. The molecule has 1 fully saturated rings. The number of imidazole rings is 1. The molecule has 0 spiro atoms. The first-order valence-corrected chi connectivity index (χ1v) is 9.37. The van der Waals surface area contributed by atoms with Gasteiger partial charge in [-0.2, -0.15) is 0 Å². The van der Waals surface area contributed by atoms with Crippen molar-refractivity contribution in [2.75, 3.05) is 26.7 Å². The minimum absolute atomic E-state index is 0.329. The van der Waals surface area contributed by atoms with Crippen LogP contribution in [0.15, 0.2) is 49.1 Å². The summed E-state index contributed by atoms with van der Waals surface area (Å²) in [4.78, 5) is 22.8. The van der Waals surface area contributed by atoms with Gasteiger partial charge in [0.25, 0.3) is 0 Å². The Morgan fingerprint density at radius 1 is 1.26 bits per heavy atom. The molecule has 6 heteroatoms. The van der Waals surface area contributed by atoms with Crippen molar-refractivity contribution in [1.29, 1.82) is 0 Å². The number of nitrogens with zero attached hydrogens (tertiary/aromatic N) is 4. The molecule has 2 aromatic heterocycles. The molecule has 4 rings (SSSR count). The highest BCUT2D eigenvalue weighted by molar-refractivity contribution is 5.89. The number of carbonyl (C=O) groups is 1. The fraction of sp³-hybridized carbons (Fsp3) is 0.381. The summed E-state index contributed by atoms with van der Waals surface area (Å²) in [5.74, 6) is 0.268. The summed E-state index contributed by atoms with van der Waals surface area (Å²) < 4.78 is 7.01. The Labute approximate surface area is 158 Å². The number of rotatable bonds is 6. The van der Waals surface area contributed by atoms with Gasteiger partial charge in [0.05, 0.1) is 30.0 Å². The van der Waals surface area contributed by atoms with E-state index in [0.29, 0.717) is 11.5 Å². The number of pyridine rings is 1. The standard InChI is InChI=1S/C21H24N4O2/c1-27-21(26)18-11-17(12-22-13-18)10-16-6-7-24(14-16)8-9-25-15-23-19-4-2-3-5-20(19)25/h2-5,11-13,15-16H,6-10,14H2,1H3. The Morgan fingerprint density at radius 2 is 2.15 bits per heavy atom. The maximum absolute atomic E-state index is 11.7. The zero-order chi connectivity index (χ0) is 18.6. The highest BCUT2D eigenvalue weighted by Gasteiger charge is 2.23. The summed E-state index contributed by atoms with van der Waals surface area (Å²) in [5.41, 5.74) is 3.87. The number of fused-ring (bicyclic) bond motifs is 1. The minimum atomic E-state index is -0.329. The fourth-order valence-corrected chi connectivity index (χ4v) is 3.88. The molecule has 6 nitrogen and oxygen atoms in total. The van der Waals surface area contributed by atoms with E-state index in [1.54, 1.807) is 6.20 Å². The number of esters is 1. The lowest BCUT2D eigenvalue weighted by Gasteiger charge is -2.16. The van der Waals surface area contributed by atoms with E-state index in [1.807, 2.05) is 30.7 Å². The molecule has 140 valence electrons. The SMILES string of the molecule is COC(=O)c1cncc(CC2CCN(CCn3cnc4ccccc43)C2)c1. The second-order valence-electron chi connectivity index (χ2n) is 7.16. The lowest BCUT2D eigenvalue weighted by atomic mass is 9.99. The molecular formula is C21H24N4O2. The van der Waals surface area contributed by atoms with Gasteiger partial charge in [0.1, 0.15) is 0 Å². The Morgan fingerprint density at radius 3 is 3.04 bits per heavy atom. The van der Waals surface area contributed by atoms with Crippen molar-refractivity contribution in [3.8, 4) is 0 Å². The largest absolute Gasteiger partial charge is 0.465 e. The van der Waals surface area contributed by atoms with Crippen LogP contribution >= 0.6 is 0 Å². The Balaban J connectivity index is 1.32. The van der Waals surface area contributed by atoms with Crippen LogP contribution in [-0.2, 0) is 17.7 Å². The molecule has 1 atom stereocenters. The molecule has 0 radical (unpaired) electrons. The van der Waals surface area contributed by atoms with Gasteiger partial charge in [-0.3, -0.25) is 4.98 Å². The highest BCUT2D eigenvalue weighted by atomic mass is 16.5. The molecule has 1 aliphatic heterocycles. The van der Waals surface area contributed by atoms with Crippen LogP contribution in [0.2, 0.25) is 0 Å². The van der Waals surface area contributed by atoms with E-state index in [0.717, 1.165) is 43.7 Å². The van der Waals surface area contributed by atoms with Gasteiger partial charge in [-0.1, -0.05) is 12.1 Å². The van der Waals surface area contributed by atoms with Gasteiger partial charge in [0, 0.05) is 32.0 Å². The number of hydrogen-bond donors (Lipinski definition) is 0. The maximum atomic E-state index is 11.7. The third kappa shape index (κ3) is 4.01. The Hall–Kier alpha value is -2.73. The van der Waals surface area contributed by atoms with Crippen LogP contribution in [0.3, 0.4) is 0 Å². The van der Waals surface area contributed by atoms with E-state index < -0.39 is 0 Å². The average molecular weight is 364 g/mol. The van der Waals surface area contributed by atoms with Gasteiger partial charge >= 0.3 is 5.97 Å². The first kappa shape index (κ1) is 17.7. The summed E-state index contributed by atoms with van der Waals surface area (Å²) in [6, 6.07) is 10.2. The van der Waals surface area contributed by atoms with Crippen molar-refractivity contribution >= 4 is 17.0 Å². The zero-order valence-corrected chi connectivity index (χ0v) is 15.5. The third-order valence-electron chi connectivity index (χ3n) is 5.29. The summed E-state index contributed by atoms with van der Waals surface area (Å²) >= 11 is 0. The molecule has 1 unspecified atom stereocenters. The molecule has 3 aromatic rings. The van der Waals surface area contributed by atoms with E-state index in [1.165, 1.54) is 19.0 Å². The van der Waals surface area contributed by atoms with Crippen LogP contribution in [0.25, 0.3) is 11.0 Å². The lowest BCUT2D eigenvalue weighted by molar-refractivity contribution is 0.0600. The third-order valence-corrected chi connectivity index (χ3v) is 5.29. The average Bonchev–Trinajstić information content (AvgIpc) is 3.32.